The van der Waals surface area contributed by atoms with Gasteiger partial charge in [0.25, 0.3) is 0 Å². The average molecular weight is 245 g/mol. The lowest BCUT2D eigenvalue weighted by Gasteiger charge is -2.01. The number of aryl methyl sites for hydroxylation is 1. The second-order valence-electron chi connectivity index (χ2n) is 2.76. The molecule has 14 heavy (non-hydrogen) atoms. The summed E-state index contributed by atoms with van der Waals surface area (Å²) in [6.45, 7) is 2.03. The molecule has 0 bridgehead atoms. The first-order chi connectivity index (χ1) is 6.68. The largest absolute Gasteiger partial charge is 0.159 e. The molecule has 2 heterocycles. The van der Waals surface area contributed by atoms with E-state index in [1.807, 2.05) is 18.4 Å². The summed E-state index contributed by atoms with van der Waals surface area (Å²) < 4.78 is 0. The molecule has 0 N–H and O–H groups in total. The third-order valence-electron chi connectivity index (χ3n) is 1.87. The summed E-state index contributed by atoms with van der Waals surface area (Å²) in [5.74, 6) is 0. The van der Waals surface area contributed by atoms with Crippen LogP contribution < -0.4 is 0 Å². The fraction of sp³-hybridized carbons (Fsp3) is 0.111. The van der Waals surface area contributed by atoms with E-state index in [0.29, 0.717) is 10.3 Å². The van der Waals surface area contributed by atoms with Gasteiger partial charge >= 0.3 is 0 Å². The van der Waals surface area contributed by atoms with E-state index in [9.17, 15) is 0 Å². The van der Waals surface area contributed by atoms with Gasteiger partial charge < -0.3 is 0 Å². The zero-order valence-corrected chi connectivity index (χ0v) is 9.62. The zero-order valence-electron chi connectivity index (χ0n) is 7.29. The van der Waals surface area contributed by atoms with Crippen molar-refractivity contribution in [2.24, 2.45) is 0 Å². The minimum atomic E-state index is 0.356. The Morgan fingerprint density at radius 1 is 1.21 bits per heavy atom. The van der Waals surface area contributed by atoms with Crippen LogP contribution in [0.3, 0.4) is 0 Å². The first-order valence-corrected chi connectivity index (χ1v) is 5.55. The van der Waals surface area contributed by atoms with Crippen LogP contribution in [-0.2, 0) is 0 Å². The predicted octanol–water partition coefficient (Wildman–Crippen LogP) is 3.82. The van der Waals surface area contributed by atoms with Crippen molar-refractivity contribution in [3.8, 4) is 11.1 Å². The van der Waals surface area contributed by atoms with Crippen LogP contribution in [0, 0.1) is 6.92 Å². The Labute approximate surface area is 95.5 Å². The van der Waals surface area contributed by atoms with Crippen molar-refractivity contribution >= 4 is 34.5 Å². The molecule has 0 atom stereocenters. The van der Waals surface area contributed by atoms with E-state index in [1.54, 1.807) is 17.4 Å². The van der Waals surface area contributed by atoms with Gasteiger partial charge in [-0.05, 0) is 30.0 Å². The highest BCUT2D eigenvalue weighted by Gasteiger charge is 2.09. The summed E-state index contributed by atoms with van der Waals surface area (Å²) in [5.41, 5.74) is 1.90. The third-order valence-corrected chi connectivity index (χ3v) is 3.18. The average Bonchev–Trinajstić information content (AvgIpc) is 2.56. The molecule has 0 aliphatic rings. The summed E-state index contributed by atoms with van der Waals surface area (Å²) in [5, 5.41) is 10.2. The Balaban J connectivity index is 2.62. The molecular formula is C9H6Cl2N2S. The standard InChI is InChI=1S/C9H6Cl2N2S/c1-5-6(2-3-14-5)7-4-8(10)12-13-9(7)11/h2-4H,1H3. The first-order valence-electron chi connectivity index (χ1n) is 3.91. The first kappa shape index (κ1) is 9.90. The fourth-order valence-electron chi connectivity index (χ4n) is 1.21. The van der Waals surface area contributed by atoms with Crippen LogP contribution in [0.25, 0.3) is 11.1 Å². The topological polar surface area (TPSA) is 25.8 Å². The van der Waals surface area contributed by atoms with Gasteiger partial charge in [0.2, 0.25) is 0 Å². The minimum absolute atomic E-state index is 0.356. The predicted molar refractivity (Wildman–Crippen MR) is 60.1 cm³/mol. The highest BCUT2D eigenvalue weighted by Crippen LogP contribution is 2.32. The Bertz CT molecular complexity index is 468. The van der Waals surface area contributed by atoms with Crippen molar-refractivity contribution < 1.29 is 0 Å². The van der Waals surface area contributed by atoms with Gasteiger partial charge in [-0.3, -0.25) is 0 Å². The number of rotatable bonds is 1. The molecule has 0 unspecified atom stereocenters. The summed E-state index contributed by atoms with van der Waals surface area (Å²) in [6.07, 6.45) is 0. The molecule has 0 aliphatic heterocycles. The normalized spacial score (nSPS) is 10.5. The molecule has 0 saturated carbocycles. The second-order valence-corrected chi connectivity index (χ2v) is 4.63. The van der Waals surface area contributed by atoms with Crippen LogP contribution in [0.5, 0.6) is 0 Å². The number of nitrogens with zero attached hydrogens (tertiary/aromatic N) is 2. The fourth-order valence-corrected chi connectivity index (χ4v) is 2.26. The van der Waals surface area contributed by atoms with Crippen LogP contribution in [0.2, 0.25) is 10.3 Å². The number of hydrogen-bond donors (Lipinski definition) is 0. The van der Waals surface area contributed by atoms with Gasteiger partial charge in [0.05, 0.1) is 0 Å². The van der Waals surface area contributed by atoms with Crippen LogP contribution in [0.4, 0.5) is 0 Å². The molecule has 0 amide bonds. The number of hydrogen-bond acceptors (Lipinski definition) is 3. The van der Waals surface area contributed by atoms with E-state index in [0.717, 1.165) is 11.1 Å². The molecule has 0 spiro atoms. The molecule has 0 saturated heterocycles. The van der Waals surface area contributed by atoms with Crippen molar-refractivity contribution in [2.75, 3.05) is 0 Å². The molecule has 2 aromatic heterocycles. The smallest absolute Gasteiger partial charge is 0.149 e. The Hall–Kier alpha value is -0.640. The zero-order chi connectivity index (χ0) is 10.1. The third kappa shape index (κ3) is 1.75. The molecule has 0 aliphatic carbocycles. The lowest BCUT2D eigenvalue weighted by atomic mass is 10.1. The Morgan fingerprint density at radius 3 is 2.64 bits per heavy atom. The summed E-state index contributed by atoms with van der Waals surface area (Å²) >= 11 is 13.4. The molecule has 0 aromatic carbocycles. The van der Waals surface area contributed by atoms with Gasteiger partial charge in [-0.1, -0.05) is 23.2 Å². The van der Waals surface area contributed by atoms with Crippen LogP contribution in [0.1, 0.15) is 4.88 Å². The van der Waals surface area contributed by atoms with E-state index >= 15 is 0 Å². The Kier molecular flexibility index (Phi) is 2.72. The molecule has 2 nitrogen and oxygen atoms in total. The van der Waals surface area contributed by atoms with Crippen LogP contribution >= 0.6 is 34.5 Å². The number of thiophene rings is 1. The van der Waals surface area contributed by atoms with Crippen LogP contribution in [-0.4, -0.2) is 10.2 Å². The maximum Gasteiger partial charge on any atom is 0.159 e. The van der Waals surface area contributed by atoms with Crippen molar-refractivity contribution in [3.05, 3.63) is 32.7 Å². The summed E-state index contributed by atoms with van der Waals surface area (Å²) in [4.78, 5) is 1.19. The molecule has 0 fully saturated rings. The molecule has 0 radical (unpaired) electrons. The molecule has 5 heteroatoms. The number of halogens is 2. The quantitative estimate of drug-likeness (QED) is 0.763. The second kappa shape index (κ2) is 3.85. The van der Waals surface area contributed by atoms with Gasteiger partial charge in [-0.2, -0.15) is 0 Å². The van der Waals surface area contributed by atoms with Gasteiger partial charge in [0.1, 0.15) is 0 Å². The van der Waals surface area contributed by atoms with Gasteiger partial charge in [-0.15, -0.1) is 21.5 Å². The van der Waals surface area contributed by atoms with E-state index in [1.165, 1.54) is 4.88 Å². The molecular weight excluding hydrogens is 239 g/mol. The number of aromatic nitrogens is 2. The molecule has 2 aromatic rings. The van der Waals surface area contributed by atoms with Crippen molar-refractivity contribution in [2.45, 2.75) is 6.92 Å². The van der Waals surface area contributed by atoms with Gasteiger partial charge in [0, 0.05) is 10.4 Å². The maximum absolute atomic E-state index is 5.93. The highest BCUT2D eigenvalue weighted by molar-refractivity contribution is 7.10. The monoisotopic (exact) mass is 244 g/mol. The summed E-state index contributed by atoms with van der Waals surface area (Å²) in [7, 11) is 0. The van der Waals surface area contributed by atoms with E-state index < -0.39 is 0 Å². The lowest BCUT2D eigenvalue weighted by Crippen LogP contribution is -1.87. The molecule has 72 valence electrons. The van der Waals surface area contributed by atoms with Crippen molar-refractivity contribution in [1.29, 1.82) is 0 Å². The van der Waals surface area contributed by atoms with Gasteiger partial charge in [0.15, 0.2) is 10.3 Å². The molecule has 2 rings (SSSR count). The lowest BCUT2D eigenvalue weighted by molar-refractivity contribution is 1.03. The van der Waals surface area contributed by atoms with E-state index in [2.05, 4.69) is 10.2 Å². The van der Waals surface area contributed by atoms with Crippen molar-refractivity contribution in [1.82, 2.24) is 10.2 Å². The SMILES string of the molecule is Cc1sccc1-c1cc(Cl)nnc1Cl. The highest BCUT2D eigenvalue weighted by atomic mass is 35.5. The summed E-state index contributed by atoms with van der Waals surface area (Å²) in [6, 6.07) is 3.73. The minimum Gasteiger partial charge on any atom is -0.149 e. The van der Waals surface area contributed by atoms with Gasteiger partial charge in [-0.25, -0.2) is 0 Å². The van der Waals surface area contributed by atoms with E-state index in [4.69, 9.17) is 23.2 Å². The van der Waals surface area contributed by atoms with Crippen LogP contribution in [0.15, 0.2) is 17.5 Å². The van der Waals surface area contributed by atoms with E-state index in [-0.39, 0.29) is 0 Å². The maximum atomic E-state index is 5.93. The van der Waals surface area contributed by atoms with Crippen molar-refractivity contribution in [3.63, 3.8) is 0 Å². The Morgan fingerprint density at radius 2 is 2.00 bits per heavy atom.